The van der Waals surface area contributed by atoms with Crippen LogP contribution in [0.2, 0.25) is 0 Å². The van der Waals surface area contributed by atoms with Crippen LogP contribution < -0.4 is 4.90 Å². The Bertz CT molecular complexity index is 704. The molecule has 1 atom stereocenters. The molecule has 1 fully saturated rings. The van der Waals surface area contributed by atoms with Gasteiger partial charge in [0.1, 0.15) is 11.9 Å². The van der Waals surface area contributed by atoms with Gasteiger partial charge in [-0.2, -0.15) is 4.39 Å². The first-order chi connectivity index (χ1) is 10.6. The first kappa shape index (κ1) is 14.4. The van der Waals surface area contributed by atoms with Crippen LogP contribution in [0.4, 0.5) is 19.3 Å². The molecule has 0 bridgehead atoms. The number of aromatic nitrogens is 1. The molecule has 1 unspecified atom stereocenters. The molecule has 1 aromatic carbocycles. The number of ether oxygens (including phenoxy) is 1. The van der Waals surface area contributed by atoms with Crippen molar-refractivity contribution in [2.45, 2.75) is 19.4 Å². The summed E-state index contributed by atoms with van der Waals surface area (Å²) >= 11 is 0. The van der Waals surface area contributed by atoms with E-state index in [0.29, 0.717) is 29.8 Å². The van der Waals surface area contributed by atoms with Crippen LogP contribution in [0.3, 0.4) is 0 Å². The first-order valence-electron chi connectivity index (χ1n) is 6.98. The van der Waals surface area contributed by atoms with E-state index in [-0.39, 0.29) is 6.10 Å². The largest absolute Gasteiger partial charge is 0.444 e. The van der Waals surface area contributed by atoms with Gasteiger partial charge in [-0.15, -0.1) is 0 Å². The summed E-state index contributed by atoms with van der Waals surface area (Å²) in [6.45, 7) is 2.33. The van der Waals surface area contributed by atoms with Crippen LogP contribution in [0.15, 0.2) is 36.5 Å². The van der Waals surface area contributed by atoms with Crippen molar-refractivity contribution in [1.29, 1.82) is 0 Å². The Balaban J connectivity index is 1.89. The summed E-state index contributed by atoms with van der Waals surface area (Å²) in [7, 11) is 0. The van der Waals surface area contributed by atoms with Crippen LogP contribution in [0.25, 0.3) is 11.1 Å². The van der Waals surface area contributed by atoms with E-state index in [0.717, 1.165) is 0 Å². The molecule has 6 heteroatoms. The molecule has 1 saturated heterocycles. The number of anilines is 1. The zero-order valence-electron chi connectivity index (χ0n) is 11.9. The number of carbonyl (C=O) groups is 1. The third-order valence-corrected chi connectivity index (χ3v) is 3.63. The van der Waals surface area contributed by atoms with Crippen LogP contribution in [0, 0.1) is 11.8 Å². The van der Waals surface area contributed by atoms with Crippen molar-refractivity contribution < 1.29 is 18.3 Å². The fraction of sp³-hybridized carbons (Fsp3) is 0.250. The lowest BCUT2D eigenvalue weighted by Crippen LogP contribution is -2.24. The normalized spacial score (nSPS) is 17.7. The fourth-order valence-electron chi connectivity index (χ4n) is 2.39. The molecular weight excluding hydrogens is 290 g/mol. The summed E-state index contributed by atoms with van der Waals surface area (Å²) in [6.07, 6.45) is 1.34. The lowest BCUT2D eigenvalue weighted by atomic mass is 10.1. The molecule has 2 aromatic rings. The molecule has 3 rings (SSSR count). The van der Waals surface area contributed by atoms with Gasteiger partial charge in [0.25, 0.3) is 0 Å². The van der Waals surface area contributed by atoms with Crippen molar-refractivity contribution in [2.24, 2.45) is 0 Å². The van der Waals surface area contributed by atoms with E-state index in [4.69, 9.17) is 4.74 Å². The maximum Gasteiger partial charge on any atom is 0.414 e. The minimum absolute atomic E-state index is 0.170. The van der Waals surface area contributed by atoms with Gasteiger partial charge in [0, 0.05) is 17.3 Å². The number of halogens is 2. The number of pyridine rings is 1. The van der Waals surface area contributed by atoms with Crippen molar-refractivity contribution in [3.05, 3.63) is 48.3 Å². The maximum atomic E-state index is 14.3. The van der Waals surface area contributed by atoms with Gasteiger partial charge < -0.3 is 4.74 Å². The van der Waals surface area contributed by atoms with Gasteiger partial charge in [-0.05, 0) is 36.8 Å². The monoisotopic (exact) mass is 304 g/mol. The molecule has 1 aliphatic heterocycles. The molecule has 1 aromatic heterocycles. The molecule has 0 radical (unpaired) electrons. The van der Waals surface area contributed by atoms with Gasteiger partial charge in [-0.1, -0.05) is 6.92 Å². The van der Waals surface area contributed by atoms with Crippen molar-refractivity contribution in [1.82, 2.24) is 4.98 Å². The van der Waals surface area contributed by atoms with Crippen molar-refractivity contribution in [3.8, 4) is 11.1 Å². The van der Waals surface area contributed by atoms with E-state index < -0.39 is 17.9 Å². The van der Waals surface area contributed by atoms with Crippen molar-refractivity contribution in [3.63, 3.8) is 0 Å². The summed E-state index contributed by atoms with van der Waals surface area (Å²) < 4.78 is 32.3. The zero-order valence-corrected chi connectivity index (χ0v) is 11.9. The van der Waals surface area contributed by atoms with E-state index in [1.165, 1.54) is 29.3 Å². The second kappa shape index (κ2) is 5.71. The highest BCUT2D eigenvalue weighted by Gasteiger charge is 2.31. The molecule has 0 saturated carbocycles. The molecule has 0 N–H and O–H groups in total. The number of amides is 1. The Morgan fingerprint density at radius 1 is 1.32 bits per heavy atom. The Morgan fingerprint density at radius 2 is 2.14 bits per heavy atom. The van der Waals surface area contributed by atoms with Gasteiger partial charge in [-0.3, -0.25) is 4.90 Å². The highest BCUT2D eigenvalue weighted by atomic mass is 19.1. The third kappa shape index (κ3) is 2.64. The lowest BCUT2D eigenvalue weighted by molar-refractivity contribution is 0.139. The fourth-order valence-corrected chi connectivity index (χ4v) is 2.39. The SMILES string of the molecule is CCC1CN(c2ccc(-c3ccc(F)nc3)c(F)c2)C(=O)O1. The molecule has 114 valence electrons. The number of nitrogens with zero attached hydrogens (tertiary/aromatic N) is 2. The Kier molecular flexibility index (Phi) is 3.75. The van der Waals surface area contributed by atoms with Crippen LogP contribution in [-0.4, -0.2) is 23.7 Å². The smallest absolute Gasteiger partial charge is 0.414 e. The first-order valence-corrected chi connectivity index (χ1v) is 6.98. The van der Waals surface area contributed by atoms with Crippen LogP contribution in [0.5, 0.6) is 0 Å². The summed E-state index contributed by atoms with van der Waals surface area (Å²) in [5, 5.41) is 0. The van der Waals surface area contributed by atoms with E-state index in [1.54, 1.807) is 12.1 Å². The minimum atomic E-state index is -0.619. The third-order valence-electron chi connectivity index (χ3n) is 3.63. The summed E-state index contributed by atoms with van der Waals surface area (Å²) in [6, 6.07) is 7.09. The summed E-state index contributed by atoms with van der Waals surface area (Å²) in [4.78, 5) is 16.7. The Morgan fingerprint density at radius 3 is 2.73 bits per heavy atom. The average molecular weight is 304 g/mol. The predicted octanol–water partition coefficient (Wildman–Crippen LogP) is 3.76. The molecule has 0 aliphatic carbocycles. The molecule has 4 nitrogen and oxygen atoms in total. The number of cyclic esters (lactones) is 1. The summed E-state index contributed by atoms with van der Waals surface area (Å²) in [5.41, 5.74) is 1.22. The molecule has 0 spiro atoms. The van der Waals surface area contributed by atoms with Gasteiger partial charge in [0.05, 0.1) is 12.2 Å². The second-order valence-corrected chi connectivity index (χ2v) is 5.06. The van der Waals surface area contributed by atoms with Crippen LogP contribution in [-0.2, 0) is 4.74 Å². The number of benzene rings is 1. The molecule has 2 heterocycles. The highest BCUT2D eigenvalue weighted by Crippen LogP contribution is 2.29. The number of hydrogen-bond acceptors (Lipinski definition) is 3. The standard InChI is InChI=1S/C16H14F2N2O2/c1-2-12-9-20(16(21)22-12)11-4-5-13(14(17)7-11)10-3-6-15(18)19-8-10/h3-8,12H,2,9H2,1H3. The van der Waals surface area contributed by atoms with Gasteiger partial charge in [-0.25, -0.2) is 14.2 Å². The lowest BCUT2D eigenvalue weighted by Gasteiger charge is -2.14. The predicted molar refractivity (Wildman–Crippen MR) is 77.5 cm³/mol. The highest BCUT2D eigenvalue weighted by molar-refractivity contribution is 5.90. The zero-order chi connectivity index (χ0) is 15.7. The van der Waals surface area contributed by atoms with Gasteiger partial charge >= 0.3 is 6.09 Å². The molecular formula is C16H14F2N2O2. The topological polar surface area (TPSA) is 42.4 Å². The number of hydrogen-bond donors (Lipinski definition) is 0. The Labute approximate surface area is 126 Å². The van der Waals surface area contributed by atoms with E-state index >= 15 is 0 Å². The van der Waals surface area contributed by atoms with Crippen molar-refractivity contribution in [2.75, 3.05) is 11.4 Å². The molecule has 1 amide bonds. The van der Waals surface area contributed by atoms with Crippen molar-refractivity contribution >= 4 is 11.8 Å². The summed E-state index contributed by atoms with van der Waals surface area (Å²) in [5.74, 6) is -1.12. The van der Waals surface area contributed by atoms with Crippen LogP contribution >= 0.6 is 0 Å². The van der Waals surface area contributed by atoms with E-state index in [9.17, 15) is 13.6 Å². The van der Waals surface area contributed by atoms with Crippen LogP contribution in [0.1, 0.15) is 13.3 Å². The minimum Gasteiger partial charge on any atom is -0.444 e. The molecule has 22 heavy (non-hydrogen) atoms. The maximum absolute atomic E-state index is 14.3. The van der Waals surface area contributed by atoms with Gasteiger partial charge in [0.15, 0.2) is 0 Å². The average Bonchev–Trinajstić information content (AvgIpc) is 2.89. The molecule has 1 aliphatic rings. The van der Waals surface area contributed by atoms with E-state index in [2.05, 4.69) is 4.98 Å². The van der Waals surface area contributed by atoms with Gasteiger partial charge in [0.2, 0.25) is 5.95 Å². The number of carbonyl (C=O) groups excluding carboxylic acids is 1. The Hall–Kier alpha value is -2.50. The van der Waals surface area contributed by atoms with E-state index in [1.807, 2.05) is 6.92 Å². The number of rotatable bonds is 3. The second-order valence-electron chi connectivity index (χ2n) is 5.06. The quantitative estimate of drug-likeness (QED) is 0.811.